The van der Waals surface area contributed by atoms with Gasteiger partial charge in [-0.15, -0.1) is 5.10 Å². The molecule has 1 aliphatic carbocycles. The molecule has 1 spiro atoms. The minimum absolute atomic E-state index is 0.0487. The smallest absolute Gasteiger partial charge is 0.410 e. The van der Waals surface area contributed by atoms with Gasteiger partial charge in [0, 0.05) is 18.0 Å². The highest BCUT2D eigenvalue weighted by Crippen LogP contribution is 2.60. The number of carbonyl (C=O) groups excluding carboxylic acids is 1. The summed E-state index contributed by atoms with van der Waals surface area (Å²) in [4.78, 5) is 18.7. The van der Waals surface area contributed by atoms with E-state index in [0.717, 1.165) is 60.2 Å². The second-order valence-electron chi connectivity index (χ2n) is 9.84. The van der Waals surface area contributed by atoms with Crippen LogP contribution in [0, 0.1) is 0 Å². The van der Waals surface area contributed by atoms with Gasteiger partial charge in [0.2, 0.25) is 0 Å². The molecule has 0 radical (unpaired) electrons. The summed E-state index contributed by atoms with van der Waals surface area (Å²) in [5, 5.41) is 9.98. The third-order valence-electron chi connectivity index (χ3n) is 7.88. The highest BCUT2D eigenvalue weighted by molar-refractivity contribution is 5.84. The van der Waals surface area contributed by atoms with E-state index in [1.54, 1.807) is 0 Å². The largest absolute Gasteiger partial charge is 0.484 e. The van der Waals surface area contributed by atoms with Gasteiger partial charge in [-0.3, -0.25) is 9.88 Å². The number of pyridine rings is 1. The molecule has 170 valence electrons. The Morgan fingerprint density at radius 3 is 3.00 bits per heavy atom. The van der Waals surface area contributed by atoms with Crippen molar-refractivity contribution in [3.05, 3.63) is 47.4 Å². The van der Waals surface area contributed by atoms with Gasteiger partial charge < -0.3 is 14.2 Å². The maximum atomic E-state index is 12.2. The Kier molecular flexibility index (Phi) is 3.89. The summed E-state index contributed by atoms with van der Waals surface area (Å²) in [5.74, 6) is 0.785. The van der Waals surface area contributed by atoms with Gasteiger partial charge in [0.15, 0.2) is 0 Å². The van der Waals surface area contributed by atoms with E-state index in [0.29, 0.717) is 19.8 Å². The minimum Gasteiger partial charge on any atom is -0.484 e. The molecule has 1 atom stereocenters. The monoisotopic (exact) mass is 447 g/mol. The molecule has 4 fully saturated rings. The van der Waals surface area contributed by atoms with Crippen molar-refractivity contribution in [3.8, 4) is 5.75 Å². The summed E-state index contributed by atoms with van der Waals surface area (Å²) in [6, 6.07) is 6.03. The fourth-order valence-electron chi connectivity index (χ4n) is 6.22. The van der Waals surface area contributed by atoms with Crippen LogP contribution in [0.15, 0.2) is 30.6 Å². The fourth-order valence-corrected chi connectivity index (χ4v) is 6.22. The molecule has 6 heterocycles. The van der Waals surface area contributed by atoms with E-state index < -0.39 is 0 Å². The van der Waals surface area contributed by atoms with Crippen LogP contribution in [0.2, 0.25) is 0 Å². The Morgan fingerprint density at radius 1 is 1.21 bits per heavy atom. The first-order valence-corrected chi connectivity index (χ1v) is 11.6. The Morgan fingerprint density at radius 2 is 2.12 bits per heavy atom. The summed E-state index contributed by atoms with van der Waals surface area (Å²) in [7, 11) is 0. The number of carbonyl (C=O) groups is 1. The van der Waals surface area contributed by atoms with Crippen LogP contribution in [-0.2, 0) is 28.0 Å². The molecule has 2 bridgehead atoms. The van der Waals surface area contributed by atoms with Crippen molar-refractivity contribution in [2.24, 2.45) is 0 Å². The number of amides is 1. The molecule has 1 saturated carbocycles. The molecule has 4 aliphatic heterocycles. The Hall–Kier alpha value is -3.20. The van der Waals surface area contributed by atoms with Crippen LogP contribution < -0.4 is 4.74 Å². The molecule has 2 aromatic heterocycles. The average Bonchev–Trinajstić information content (AvgIpc) is 3.51. The second kappa shape index (κ2) is 6.66. The molecule has 33 heavy (non-hydrogen) atoms. The van der Waals surface area contributed by atoms with Gasteiger partial charge in [-0.2, -0.15) is 0 Å². The Balaban J connectivity index is 1.12. The van der Waals surface area contributed by atoms with Crippen LogP contribution in [0.3, 0.4) is 0 Å². The zero-order valence-corrected chi connectivity index (χ0v) is 18.5. The molecule has 3 aromatic rings. The van der Waals surface area contributed by atoms with Gasteiger partial charge in [0.1, 0.15) is 17.5 Å². The molecular formula is C24H25N5O4. The van der Waals surface area contributed by atoms with Crippen molar-refractivity contribution in [2.75, 3.05) is 19.8 Å². The molecule has 3 saturated heterocycles. The number of hydrogen-bond acceptors (Lipinski definition) is 7. The zero-order valence-electron chi connectivity index (χ0n) is 18.5. The Bertz CT molecular complexity index is 1280. The predicted molar refractivity (Wildman–Crippen MR) is 117 cm³/mol. The second-order valence-corrected chi connectivity index (χ2v) is 9.84. The Labute approximate surface area is 190 Å². The van der Waals surface area contributed by atoms with Crippen LogP contribution >= 0.6 is 0 Å². The lowest BCUT2D eigenvalue weighted by Crippen LogP contribution is -2.57. The van der Waals surface area contributed by atoms with E-state index in [4.69, 9.17) is 14.2 Å². The number of fused-ring (bicyclic) bond motifs is 3. The zero-order chi connectivity index (χ0) is 22.2. The number of nitrogens with zero attached hydrogens (tertiary/aromatic N) is 5. The van der Waals surface area contributed by atoms with Gasteiger partial charge in [0.05, 0.1) is 49.2 Å². The number of hydrogen-bond donors (Lipinski definition) is 0. The molecular weight excluding hydrogens is 422 g/mol. The number of benzene rings is 1. The number of cyclic esters (lactones) is 1. The minimum atomic E-state index is -0.258. The first kappa shape index (κ1) is 19.3. The van der Waals surface area contributed by atoms with E-state index >= 15 is 0 Å². The predicted octanol–water partition coefficient (Wildman–Crippen LogP) is 3.12. The first-order chi connectivity index (χ1) is 16.1. The summed E-state index contributed by atoms with van der Waals surface area (Å²) >= 11 is 0. The van der Waals surface area contributed by atoms with E-state index in [2.05, 4.69) is 21.4 Å². The van der Waals surface area contributed by atoms with Crippen LogP contribution in [0.1, 0.15) is 49.1 Å². The molecule has 1 aromatic carbocycles. The van der Waals surface area contributed by atoms with Crippen LogP contribution in [-0.4, -0.2) is 56.3 Å². The highest BCUT2D eigenvalue weighted by Gasteiger charge is 2.69. The summed E-state index contributed by atoms with van der Waals surface area (Å²) in [6.45, 7) is 4.48. The lowest BCUT2D eigenvalue weighted by Gasteiger charge is -2.48. The third kappa shape index (κ3) is 2.75. The molecule has 0 N–H and O–H groups in total. The summed E-state index contributed by atoms with van der Waals surface area (Å²) in [6.07, 6.45) is 7.05. The SMILES string of the molecule is C[C@@H](Oc1ccc2ncc3c(c2c1)CCOC3)c1cn(C23CN4C(=O)OCCC4(C2)C3)nn1. The highest BCUT2D eigenvalue weighted by atomic mass is 16.6. The van der Waals surface area contributed by atoms with Crippen LogP contribution in [0.4, 0.5) is 4.79 Å². The summed E-state index contributed by atoms with van der Waals surface area (Å²) < 4.78 is 19.0. The quantitative estimate of drug-likeness (QED) is 0.607. The maximum absolute atomic E-state index is 12.2. The molecule has 5 aliphatic rings. The first-order valence-electron chi connectivity index (χ1n) is 11.6. The number of rotatable bonds is 4. The van der Waals surface area contributed by atoms with Gasteiger partial charge in [-0.25, -0.2) is 9.48 Å². The van der Waals surface area contributed by atoms with E-state index in [9.17, 15) is 4.79 Å². The van der Waals surface area contributed by atoms with Crippen molar-refractivity contribution in [3.63, 3.8) is 0 Å². The van der Waals surface area contributed by atoms with Crippen molar-refractivity contribution >= 4 is 17.0 Å². The van der Waals surface area contributed by atoms with E-state index in [1.807, 2.05) is 41.0 Å². The number of aromatic nitrogens is 4. The maximum Gasteiger partial charge on any atom is 0.410 e. The van der Waals surface area contributed by atoms with Gasteiger partial charge in [-0.1, -0.05) is 5.21 Å². The van der Waals surface area contributed by atoms with Gasteiger partial charge in [0.25, 0.3) is 0 Å². The summed E-state index contributed by atoms with van der Waals surface area (Å²) in [5.41, 5.74) is 3.97. The van der Waals surface area contributed by atoms with Crippen LogP contribution in [0.25, 0.3) is 10.9 Å². The van der Waals surface area contributed by atoms with Crippen molar-refractivity contribution < 1.29 is 19.0 Å². The van der Waals surface area contributed by atoms with Crippen molar-refractivity contribution in [1.82, 2.24) is 24.9 Å². The molecule has 8 rings (SSSR count). The lowest BCUT2D eigenvalue weighted by molar-refractivity contribution is -0.00953. The normalized spacial score (nSPS) is 28.6. The van der Waals surface area contributed by atoms with Gasteiger partial charge >= 0.3 is 6.09 Å². The molecule has 1 amide bonds. The van der Waals surface area contributed by atoms with Crippen molar-refractivity contribution in [2.45, 2.75) is 56.4 Å². The topological polar surface area (TPSA) is 91.6 Å². The molecule has 9 heteroatoms. The van der Waals surface area contributed by atoms with Gasteiger partial charge in [-0.05, 0) is 55.5 Å². The molecule has 0 unspecified atom stereocenters. The van der Waals surface area contributed by atoms with E-state index in [1.165, 1.54) is 5.56 Å². The molecule has 9 nitrogen and oxygen atoms in total. The third-order valence-corrected chi connectivity index (χ3v) is 7.88. The average molecular weight is 447 g/mol. The standard InChI is InChI=1S/C24H25N5O4/c1-15(33-17-2-3-20-19(8-17)18-4-6-31-11-16(18)9-25-20)21-10-29(27-26-21)24-12-23(13-24)5-7-32-22(30)28(23)14-24/h2-3,8-10,15H,4-7,11-14H2,1H3/t15-,23?,24?/m1/s1. The van der Waals surface area contributed by atoms with Crippen molar-refractivity contribution in [1.29, 1.82) is 0 Å². The van der Waals surface area contributed by atoms with Crippen LogP contribution in [0.5, 0.6) is 5.75 Å². The fraction of sp³-hybridized carbons (Fsp3) is 0.500. The number of ether oxygens (including phenoxy) is 3. The van der Waals surface area contributed by atoms with E-state index in [-0.39, 0.29) is 23.3 Å². The lowest BCUT2D eigenvalue weighted by atomic mass is 9.66.